The maximum Gasteiger partial charge on any atom is 0.222 e. The number of carbonyl (C=O) groups is 1. The highest BCUT2D eigenvalue weighted by Crippen LogP contribution is 2.41. The van der Waals surface area contributed by atoms with Gasteiger partial charge in [-0.15, -0.1) is 0 Å². The Labute approximate surface area is 149 Å². The van der Waals surface area contributed by atoms with Crippen LogP contribution in [0.4, 0.5) is 5.82 Å². The molecule has 1 aromatic heterocycles. The van der Waals surface area contributed by atoms with E-state index in [-0.39, 0.29) is 11.5 Å². The maximum absolute atomic E-state index is 12.4. The standard InChI is InChI=1S/C19H28N4O2/c1-15-11-17(21-14-20-15)22-8-6-19(7-9-22)5-4-18(24)23(13-19)12-16-3-2-10-25-16/h11,14,16H,2-10,12-13H2,1H3/t16-/m1/s1. The van der Waals surface area contributed by atoms with Gasteiger partial charge in [0.1, 0.15) is 12.1 Å². The van der Waals surface area contributed by atoms with Crippen molar-refractivity contribution in [2.24, 2.45) is 5.41 Å². The number of rotatable bonds is 3. The Kier molecular flexibility index (Phi) is 4.63. The first kappa shape index (κ1) is 16.8. The topological polar surface area (TPSA) is 58.6 Å². The molecule has 136 valence electrons. The molecule has 1 atom stereocenters. The molecule has 1 amide bonds. The number of hydrogen-bond donors (Lipinski definition) is 0. The second kappa shape index (κ2) is 6.90. The average molecular weight is 344 g/mol. The van der Waals surface area contributed by atoms with Gasteiger partial charge in [0.05, 0.1) is 6.10 Å². The number of carbonyl (C=O) groups excluding carboxylic acids is 1. The van der Waals surface area contributed by atoms with Crippen LogP contribution >= 0.6 is 0 Å². The van der Waals surface area contributed by atoms with Crippen LogP contribution in [-0.4, -0.2) is 59.7 Å². The van der Waals surface area contributed by atoms with E-state index in [0.29, 0.717) is 12.3 Å². The van der Waals surface area contributed by atoms with Crippen LogP contribution in [0, 0.1) is 12.3 Å². The Bertz CT molecular complexity index is 622. The van der Waals surface area contributed by atoms with Gasteiger partial charge in [0.15, 0.2) is 0 Å². The first-order valence-corrected chi connectivity index (χ1v) is 9.57. The third-order valence-electron chi connectivity index (χ3n) is 6.13. The number of amides is 1. The number of ether oxygens (including phenoxy) is 1. The summed E-state index contributed by atoms with van der Waals surface area (Å²) in [4.78, 5) is 25.4. The molecule has 1 aromatic rings. The highest BCUT2D eigenvalue weighted by atomic mass is 16.5. The average Bonchev–Trinajstić information content (AvgIpc) is 3.12. The predicted molar refractivity (Wildman–Crippen MR) is 95.4 cm³/mol. The van der Waals surface area contributed by atoms with Gasteiger partial charge in [-0.3, -0.25) is 4.79 Å². The molecule has 3 aliphatic rings. The van der Waals surface area contributed by atoms with Crippen molar-refractivity contribution in [3.05, 3.63) is 18.1 Å². The fourth-order valence-electron chi connectivity index (χ4n) is 4.53. The van der Waals surface area contributed by atoms with Crippen molar-refractivity contribution >= 4 is 11.7 Å². The van der Waals surface area contributed by atoms with E-state index < -0.39 is 0 Å². The van der Waals surface area contributed by atoms with Gasteiger partial charge in [0.2, 0.25) is 5.91 Å². The molecule has 0 bridgehead atoms. The molecule has 3 saturated heterocycles. The lowest BCUT2D eigenvalue weighted by molar-refractivity contribution is -0.140. The van der Waals surface area contributed by atoms with Gasteiger partial charge in [-0.25, -0.2) is 9.97 Å². The lowest BCUT2D eigenvalue weighted by Gasteiger charge is -2.48. The molecule has 25 heavy (non-hydrogen) atoms. The largest absolute Gasteiger partial charge is 0.376 e. The van der Waals surface area contributed by atoms with Crippen LogP contribution < -0.4 is 4.90 Å². The van der Waals surface area contributed by atoms with Crippen LogP contribution in [0.25, 0.3) is 0 Å². The van der Waals surface area contributed by atoms with E-state index >= 15 is 0 Å². The van der Waals surface area contributed by atoms with Gasteiger partial charge in [-0.1, -0.05) is 0 Å². The number of likely N-dealkylation sites (tertiary alicyclic amines) is 1. The molecule has 3 aliphatic heterocycles. The molecule has 1 spiro atoms. The zero-order valence-electron chi connectivity index (χ0n) is 15.1. The molecule has 4 rings (SSSR count). The first-order chi connectivity index (χ1) is 12.1. The van der Waals surface area contributed by atoms with Crippen LogP contribution in [0.3, 0.4) is 0 Å². The summed E-state index contributed by atoms with van der Waals surface area (Å²) in [6.07, 6.45) is 8.12. The molecule has 6 nitrogen and oxygen atoms in total. The minimum Gasteiger partial charge on any atom is -0.376 e. The highest BCUT2D eigenvalue weighted by Gasteiger charge is 2.41. The van der Waals surface area contributed by atoms with E-state index in [1.807, 2.05) is 6.92 Å². The van der Waals surface area contributed by atoms with Crippen LogP contribution in [0.1, 0.15) is 44.2 Å². The molecule has 0 radical (unpaired) electrons. The van der Waals surface area contributed by atoms with E-state index in [0.717, 1.165) is 76.4 Å². The van der Waals surface area contributed by atoms with Crippen molar-refractivity contribution in [1.82, 2.24) is 14.9 Å². The van der Waals surface area contributed by atoms with Crippen LogP contribution in [0.15, 0.2) is 12.4 Å². The molecule has 3 fully saturated rings. The van der Waals surface area contributed by atoms with Gasteiger partial charge < -0.3 is 14.5 Å². The highest BCUT2D eigenvalue weighted by molar-refractivity contribution is 5.77. The third-order valence-corrected chi connectivity index (χ3v) is 6.13. The number of nitrogens with zero attached hydrogens (tertiary/aromatic N) is 4. The molecule has 0 aliphatic carbocycles. The Hall–Kier alpha value is -1.69. The number of aromatic nitrogens is 2. The second-order valence-corrected chi connectivity index (χ2v) is 7.91. The van der Waals surface area contributed by atoms with Gasteiger partial charge >= 0.3 is 0 Å². The fourth-order valence-corrected chi connectivity index (χ4v) is 4.53. The van der Waals surface area contributed by atoms with Crippen molar-refractivity contribution in [2.45, 2.75) is 51.6 Å². The maximum atomic E-state index is 12.4. The molecule has 0 N–H and O–H groups in total. The van der Waals surface area contributed by atoms with Crippen LogP contribution in [-0.2, 0) is 9.53 Å². The summed E-state index contributed by atoms with van der Waals surface area (Å²) in [5, 5.41) is 0. The fraction of sp³-hybridized carbons (Fsp3) is 0.737. The SMILES string of the molecule is Cc1cc(N2CCC3(CCC(=O)N(C[C@H]4CCCO4)C3)CC2)ncn1. The Morgan fingerprint density at radius 2 is 2.12 bits per heavy atom. The van der Waals surface area contributed by atoms with Crippen LogP contribution in [0.5, 0.6) is 0 Å². The lowest BCUT2D eigenvalue weighted by Crippen LogP contribution is -2.53. The van der Waals surface area contributed by atoms with E-state index in [1.165, 1.54) is 0 Å². The molecule has 4 heterocycles. The van der Waals surface area contributed by atoms with Crippen LogP contribution in [0.2, 0.25) is 0 Å². The number of anilines is 1. The zero-order valence-corrected chi connectivity index (χ0v) is 15.1. The quantitative estimate of drug-likeness (QED) is 0.841. The normalized spacial score (nSPS) is 26.4. The van der Waals surface area contributed by atoms with E-state index in [4.69, 9.17) is 4.74 Å². The summed E-state index contributed by atoms with van der Waals surface area (Å²) in [7, 11) is 0. The molecule has 0 unspecified atom stereocenters. The Morgan fingerprint density at radius 3 is 2.84 bits per heavy atom. The van der Waals surface area contributed by atoms with Crippen molar-refractivity contribution < 1.29 is 9.53 Å². The Morgan fingerprint density at radius 1 is 1.28 bits per heavy atom. The number of aryl methyl sites for hydroxylation is 1. The van der Waals surface area contributed by atoms with E-state index in [1.54, 1.807) is 6.33 Å². The molecule has 0 saturated carbocycles. The second-order valence-electron chi connectivity index (χ2n) is 7.91. The van der Waals surface area contributed by atoms with Crippen molar-refractivity contribution in [3.63, 3.8) is 0 Å². The summed E-state index contributed by atoms with van der Waals surface area (Å²) in [6, 6.07) is 2.06. The monoisotopic (exact) mass is 344 g/mol. The Balaban J connectivity index is 1.38. The molecule has 0 aromatic carbocycles. The van der Waals surface area contributed by atoms with E-state index in [9.17, 15) is 4.79 Å². The summed E-state index contributed by atoms with van der Waals surface area (Å²) in [5.74, 6) is 1.35. The molecule has 6 heteroatoms. The van der Waals surface area contributed by atoms with E-state index in [2.05, 4.69) is 25.8 Å². The summed E-state index contributed by atoms with van der Waals surface area (Å²) in [6.45, 7) is 6.58. The minimum absolute atomic E-state index is 0.253. The van der Waals surface area contributed by atoms with Crippen molar-refractivity contribution in [1.29, 1.82) is 0 Å². The van der Waals surface area contributed by atoms with Crippen molar-refractivity contribution in [2.75, 3.05) is 37.7 Å². The third kappa shape index (κ3) is 3.64. The number of piperidine rings is 2. The molecular weight excluding hydrogens is 316 g/mol. The lowest BCUT2D eigenvalue weighted by atomic mass is 9.72. The smallest absolute Gasteiger partial charge is 0.222 e. The predicted octanol–water partition coefficient (Wildman–Crippen LogP) is 2.17. The minimum atomic E-state index is 0.253. The van der Waals surface area contributed by atoms with Gasteiger partial charge in [0, 0.05) is 51.0 Å². The molecular formula is C19H28N4O2. The van der Waals surface area contributed by atoms with Gasteiger partial charge in [-0.2, -0.15) is 0 Å². The first-order valence-electron chi connectivity index (χ1n) is 9.57. The zero-order chi connectivity index (χ0) is 17.3. The summed E-state index contributed by atoms with van der Waals surface area (Å²) >= 11 is 0. The summed E-state index contributed by atoms with van der Waals surface area (Å²) in [5.41, 5.74) is 1.29. The van der Waals surface area contributed by atoms with Gasteiger partial charge in [-0.05, 0) is 44.4 Å². The van der Waals surface area contributed by atoms with Gasteiger partial charge in [0.25, 0.3) is 0 Å². The number of hydrogen-bond acceptors (Lipinski definition) is 5. The van der Waals surface area contributed by atoms with Crippen molar-refractivity contribution in [3.8, 4) is 0 Å². The summed E-state index contributed by atoms with van der Waals surface area (Å²) < 4.78 is 5.75.